The molecule has 1 saturated carbocycles. The number of amides is 1. The van der Waals surface area contributed by atoms with Crippen molar-refractivity contribution in [1.82, 2.24) is 20.2 Å². The molecule has 1 N–H and O–H groups in total. The highest BCUT2D eigenvalue weighted by Crippen LogP contribution is 2.40. The number of nitrogens with zero attached hydrogens (tertiary/aromatic N) is 4. The molecule has 3 aliphatic rings. The highest BCUT2D eigenvalue weighted by atomic mass is 35.5. The quantitative estimate of drug-likeness (QED) is 0.592. The summed E-state index contributed by atoms with van der Waals surface area (Å²) in [5.74, 6) is 1.17. The minimum atomic E-state index is -0.188. The molecule has 8 heteroatoms. The van der Waals surface area contributed by atoms with Crippen LogP contribution in [0.4, 0.5) is 5.82 Å². The summed E-state index contributed by atoms with van der Waals surface area (Å²) in [6.07, 6.45) is 10.7. The number of hydrogen-bond acceptors (Lipinski definition) is 6. The minimum absolute atomic E-state index is 0.113. The molecule has 4 heterocycles. The van der Waals surface area contributed by atoms with E-state index < -0.39 is 0 Å². The standard InChI is InChI=1S/C28H38ClN5O2/c1-20-18-33(14-15-36-20)19-21-7-8-26(31-16-21)34-12-9-23(10-13-34)32-28(35)25-6-2-5-24(27(25)29)22-4-3-11-30-17-22/h3-4,7-8,11,16-17,20,23-25,27H,2,5-6,9-10,12-15,18-19H2,1H3,(H,32,35). The van der Waals surface area contributed by atoms with Gasteiger partial charge in [-0.05, 0) is 55.9 Å². The summed E-state index contributed by atoms with van der Waals surface area (Å²) in [6, 6.07) is 8.55. The molecule has 36 heavy (non-hydrogen) atoms. The van der Waals surface area contributed by atoms with Crippen molar-refractivity contribution in [3.05, 3.63) is 54.0 Å². The zero-order chi connectivity index (χ0) is 24.9. The molecule has 4 atom stereocenters. The smallest absolute Gasteiger partial charge is 0.224 e. The highest BCUT2D eigenvalue weighted by molar-refractivity contribution is 6.22. The van der Waals surface area contributed by atoms with Crippen molar-refractivity contribution in [2.75, 3.05) is 37.7 Å². The Morgan fingerprint density at radius 3 is 2.72 bits per heavy atom. The van der Waals surface area contributed by atoms with Crippen LogP contribution in [0.2, 0.25) is 0 Å². The van der Waals surface area contributed by atoms with E-state index in [1.54, 1.807) is 6.20 Å². The molecular formula is C28H38ClN5O2. The monoisotopic (exact) mass is 511 g/mol. The van der Waals surface area contributed by atoms with E-state index in [9.17, 15) is 4.79 Å². The predicted octanol–water partition coefficient (Wildman–Crippen LogP) is 3.97. The van der Waals surface area contributed by atoms with Gasteiger partial charge in [0.15, 0.2) is 0 Å². The first-order valence-corrected chi connectivity index (χ1v) is 13.9. The molecule has 0 spiro atoms. The molecule has 5 rings (SSSR count). The minimum Gasteiger partial charge on any atom is -0.376 e. The topological polar surface area (TPSA) is 70.6 Å². The maximum Gasteiger partial charge on any atom is 0.224 e. The number of piperidine rings is 1. The number of carbonyl (C=O) groups excluding carboxylic acids is 1. The maximum absolute atomic E-state index is 13.2. The van der Waals surface area contributed by atoms with Gasteiger partial charge >= 0.3 is 0 Å². The summed E-state index contributed by atoms with van der Waals surface area (Å²) in [5, 5.41) is 3.13. The summed E-state index contributed by atoms with van der Waals surface area (Å²) in [6.45, 7) is 7.57. The fraction of sp³-hybridized carbons (Fsp3) is 0.607. The summed E-state index contributed by atoms with van der Waals surface area (Å²) < 4.78 is 5.64. The molecule has 2 aromatic heterocycles. The Morgan fingerprint density at radius 1 is 1.14 bits per heavy atom. The number of aromatic nitrogens is 2. The number of hydrogen-bond donors (Lipinski definition) is 1. The van der Waals surface area contributed by atoms with E-state index >= 15 is 0 Å². The lowest BCUT2D eigenvalue weighted by Crippen LogP contribution is -2.49. The molecule has 2 aromatic rings. The molecule has 4 unspecified atom stereocenters. The van der Waals surface area contributed by atoms with Crippen molar-refractivity contribution in [2.24, 2.45) is 5.92 Å². The molecule has 2 aliphatic heterocycles. The molecule has 3 fully saturated rings. The molecule has 0 bridgehead atoms. The average molecular weight is 512 g/mol. The number of pyridine rings is 2. The molecule has 194 valence electrons. The van der Waals surface area contributed by atoms with Crippen LogP contribution in [0.15, 0.2) is 42.9 Å². The third-order valence-corrected chi connectivity index (χ3v) is 8.56. The number of anilines is 1. The summed E-state index contributed by atoms with van der Waals surface area (Å²) in [5.41, 5.74) is 2.38. The van der Waals surface area contributed by atoms with Gasteiger partial charge in [0.25, 0.3) is 0 Å². The SMILES string of the molecule is CC1CN(Cc2ccc(N3CCC(NC(=O)C4CCCC(c5cccnc5)C4Cl)CC3)nc2)CCO1. The van der Waals surface area contributed by atoms with E-state index in [1.807, 2.05) is 18.5 Å². The third kappa shape index (κ3) is 6.18. The Kier molecular flexibility index (Phi) is 8.40. The van der Waals surface area contributed by atoms with E-state index in [2.05, 4.69) is 45.2 Å². The van der Waals surface area contributed by atoms with Crippen molar-refractivity contribution in [1.29, 1.82) is 0 Å². The number of morpholine rings is 1. The van der Waals surface area contributed by atoms with Crippen LogP contribution in [0.5, 0.6) is 0 Å². The van der Waals surface area contributed by atoms with Crippen LogP contribution < -0.4 is 10.2 Å². The molecule has 1 amide bonds. The van der Waals surface area contributed by atoms with Crippen molar-refractivity contribution in [2.45, 2.75) is 69.0 Å². The Balaban J connectivity index is 1.09. The van der Waals surface area contributed by atoms with E-state index in [1.165, 1.54) is 5.56 Å². The van der Waals surface area contributed by atoms with Crippen LogP contribution in [0.1, 0.15) is 56.1 Å². The number of halogens is 1. The molecule has 1 aliphatic carbocycles. The van der Waals surface area contributed by atoms with E-state index in [0.29, 0.717) is 6.10 Å². The van der Waals surface area contributed by atoms with E-state index in [-0.39, 0.29) is 29.2 Å². The second-order valence-corrected chi connectivity index (χ2v) is 11.1. The summed E-state index contributed by atoms with van der Waals surface area (Å²) >= 11 is 6.87. The zero-order valence-corrected chi connectivity index (χ0v) is 21.9. The fourth-order valence-corrected chi connectivity index (χ4v) is 6.44. The van der Waals surface area contributed by atoms with Crippen molar-refractivity contribution >= 4 is 23.3 Å². The van der Waals surface area contributed by atoms with Gasteiger partial charge in [0, 0.05) is 63.3 Å². The highest BCUT2D eigenvalue weighted by Gasteiger charge is 2.38. The zero-order valence-electron chi connectivity index (χ0n) is 21.2. The van der Waals surface area contributed by atoms with Gasteiger partial charge in [-0.15, -0.1) is 11.6 Å². The third-order valence-electron chi connectivity index (χ3n) is 7.95. The molecular weight excluding hydrogens is 474 g/mol. The van der Waals surface area contributed by atoms with Gasteiger partial charge in [0.05, 0.1) is 24.0 Å². The van der Waals surface area contributed by atoms with Gasteiger partial charge in [0.1, 0.15) is 5.82 Å². The Labute approximate surface area is 219 Å². The van der Waals surface area contributed by atoms with Crippen LogP contribution >= 0.6 is 11.6 Å². The lowest BCUT2D eigenvalue weighted by molar-refractivity contribution is -0.126. The number of rotatable bonds is 6. The van der Waals surface area contributed by atoms with Crippen molar-refractivity contribution in [3.8, 4) is 0 Å². The first-order chi connectivity index (χ1) is 17.6. The van der Waals surface area contributed by atoms with Crippen molar-refractivity contribution < 1.29 is 9.53 Å². The predicted molar refractivity (Wildman–Crippen MR) is 142 cm³/mol. The van der Waals surface area contributed by atoms with Crippen LogP contribution in [0.25, 0.3) is 0 Å². The molecule has 2 saturated heterocycles. The van der Waals surface area contributed by atoms with Crippen LogP contribution in [0.3, 0.4) is 0 Å². The average Bonchev–Trinajstić information content (AvgIpc) is 2.90. The Hall–Kier alpha value is -2.22. The first-order valence-electron chi connectivity index (χ1n) is 13.4. The molecule has 0 aromatic carbocycles. The number of alkyl halides is 1. The molecule has 7 nitrogen and oxygen atoms in total. The second kappa shape index (κ2) is 11.9. The van der Waals surface area contributed by atoms with Gasteiger partial charge < -0.3 is 15.0 Å². The lowest BCUT2D eigenvalue weighted by Gasteiger charge is -2.37. The van der Waals surface area contributed by atoms with Crippen molar-refractivity contribution in [3.63, 3.8) is 0 Å². The van der Waals surface area contributed by atoms with Gasteiger partial charge in [-0.3, -0.25) is 14.7 Å². The van der Waals surface area contributed by atoms with E-state index in [0.717, 1.165) is 82.8 Å². The first kappa shape index (κ1) is 25.4. The van der Waals surface area contributed by atoms with Gasteiger partial charge in [-0.2, -0.15) is 0 Å². The lowest BCUT2D eigenvalue weighted by atomic mass is 9.77. The van der Waals surface area contributed by atoms with Gasteiger partial charge in [-0.25, -0.2) is 4.98 Å². The largest absolute Gasteiger partial charge is 0.376 e. The number of ether oxygens (including phenoxy) is 1. The summed E-state index contributed by atoms with van der Waals surface area (Å²) in [7, 11) is 0. The van der Waals surface area contributed by atoms with Crippen LogP contribution in [-0.2, 0) is 16.1 Å². The number of carbonyl (C=O) groups is 1. The maximum atomic E-state index is 13.2. The van der Waals surface area contributed by atoms with E-state index in [4.69, 9.17) is 21.3 Å². The normalized spacial score (nSPS) is 28.1. The van der Waals surface area contributed by atoms with Gasteiger partial charge in [-0.1, -0.05) is 18.6 Å². The Bertz CT molecular complexity index is 983. The number of nitrogens with one attached hydrogen (secondary N) is 1. The Morgan fingerprint density at radius 2 is 2.00 bits per heavy atom. The van der Waals surface area contributed by atoms with Crippen LogP contribution in [-0.4, -0.2) is 71.1 Å². The summed E-state index contributed by atoms with van der Waals surface area (Å²) in [4.78, 5) is 26.9. The van der Waals surface area contributed by atoms with Gasteiger partial charge in [0.2, 0.25) is 5.91 Å². The molecule has 0 radical (unpaired) electrons. The fourth-order valence-electron chi connectivity index (χ4n) is 5.93. The second-order valence-electron chi connectivity index (χ2n) is 10.6. The van der Waals surface area contributed by atoms with Crippen LogP contribution in [0, 0.1) is 5.92 Å².